The Hall–Kier alpha value is -2.93. The van der Waals surface area contributed by atoms with Crippen molar-refractivity contribution < 1.29 is 13.2 Å². The zero-order valence-corrected chi connectivity index (χ0v) is 16.2. The lowest BCUT2D eigenvalue weighted by Crippen LogP contribution is -2.18. The third-order valence-electron chi connectivity index (χ3n) is 4.12. The van der Waals surface area contributed by atoms with Crippen LogP contribution in [-0.4, -0.2) is 24.2 Å². The SMILES string of the molecule is Cc1cc(-c2cc(OCc3ccccn3)cc(S(C)(=O)=O)c2)cn(C)c1=O. The standard InChI is InChI=1S/C20H20N2O4S/c1-14-8-16(12-22(2)20(14)23)15-9-18(11-19(10-15)27(3,24)25)26-13-17-6-4-5-7-21-17/h4-12H,13H2,1-3H3. The average molecular weight is 384 g/mol. The first-order valence-electron chi connectivity index (χ1n) is 8.29. The number of ether oxygens (including phenoxy) is 1. The smallest absolute Gasteiger partial charge is 0.253 e. The number of hydrogen-bond donors (Lipinski definition) is 0. The van der Waals surface area contributed by atoms with Gasteiger partial charge in [0.2, 0.25) is 0 Å². The Kier molecular flexibility index (Phi) is 5.14. The molecule has 3 rings (SSSR count). The molecule has 0 spiro atoms. The summed E-state index contributed by atoms with van der Waals surface area (Å²) in [5, 5.41) is 0. The van der Waals surface area contributed by atoms with Crippen molar-refractivity contribution >= 4 is 9.84 Å². The molecule has 0 saturated carbocycles. The summed E-state index contributed by atoms with van der Waals surface area (Å²) < 4.78 is 31.5. The normalized spacial score (nSPS) is 11.4. The van der Waals surface area contributed by atoms with Gasteiger partial charge in [0.1, 0.15) is 12.4 Å². The Morgan fingerprint density at radius 1 is 1.11 bits per heavy atom. The first-order valence-corrected chi connectivity index (χ1v) is 10.2. The molecule has 0 N–H and O–H groups in total. The molecule has 0 aliphatic carbocycles. The summed E-state index contributed by atoms with van der Waals surface area (Å²) in [7, 11) is -1.77. The minimum atomic E-state index is -3.43. The third kappa shape index (κ3) is 4.43. The molecule has 0 unspecified atom stereocenters. The minimum Gasteiger partial charge on any atom is -0.487 e. The van der Waals surface area contributed by atoms with E-state index in [2.05, 4.69) is 4.98 Å². The van der Waals surface area contributed by atoms with Crippen LogP contribution in [0.25, 0.3) is 11.1 Å². The first kappa shape index (κ1) is 18.8. The Balaban J connectivity index is 2.05. The van der Waals surface area contributed by atoms with Gasteiger partial charge < -0.3 is 9.30 Å². The Bertz CT molecular complexity index is 1110. The number of benzene rings is 1. The van der Waals surface area contributed by atoms with Crippen LogP contribution in [0.15, 0.2) is 64.5 Å². The van der Waals surface area contributed by atoms with Crippen LogP contribution >= 0.6 is 0 Å². The van der Waals surface area contributed by atoms with Crippen molar-refractivity contribution in [3.8, 4) is 16.9 Å². The van der Waals surface area contributed by atoms with Crippen LogP contribution in [0, 0.1) is 6.92 Å². The van der Waals surface area contributed by atoms with Gasteiger partial charge in [0.05, 0.1) is 10.6 Å². The molecule has 0 aliphatic rings. The maximum absolute atomic E-state index is 12.1. The van der Waals surface area contributed by atoms with E-state index in [1.54, 1.807) is 44.6 Å². The van der Waals surface area contributed by atoms with Crippen LogP contribution in [0.4, 0.5) is 0 Å². The van der Waals surface area contributed by atoms with Crippen molar-refractivity contribution in [2.45, 2.75) is 18.4 Å². The predicted octanol–water partition coefficient (Wildman–Crippen LogP) is 2.74. The molecule has 3 aromatic rings. The summed E-state index contributed by atoms with van der Waals surface area (Å²) in [4.78, 5) is 16.3. The number of rotatable bonds is 5. The number of nitrogens with zero attached hydrogens (tertiary/aromatic N) is 2. The molecule has 1 aromatic carbocycles. The zero-order valence-electron chi connectivity index (χ0n) is 15.3. The lowest BCUT2D eigenvalue weighted by Gasteiger charge is -2.12. The Morgan fingerprint density at radius 2 is 1.89 bits per heavy atom. The molecule has 6 nitrogen and oxygen atoms in total. The van der Waals surface area contributed by atoms with Gasteiger partial charge in [0.25, 0.3) is 5.56 Å². The molecular formula is C20H20N2O4S. The van der Waals surface area contributed by atoms with Gasteiger partial charge in [-0.25, -0.2) is 8.42 Å². The maximum atomic E-state index is 12.1. The molecule has 140 valence electrons. The van der Waals surface area contributed by atoms with Crippen LogP contribution in [0.1, 0.15) is 11.3 Å². The van der Waals surface area contributed by atoms with Crippen molar-refractivity contribution in [2.24, 2.45) is 7.05 Å². The molecule has 27 heavy (non-hydrogen) atoms. The van der Waals surface area contributed by atoms with Crippen molar-refractivity contribution in [2.75, 3.05) is 6.26 Å². The summed E-state index contributed by atoms with van der Waals surface area (Å²) in [6.07, 6.45) is 4.50. The fourth-order valence-electron chi connectivity index (χ4n) is 2.71. The quantitative estimate of drug-likeness (QED) is 0.676. The van der Waals surface area contributed by atoms with Gasteiger partial charge in [-0.3, -0.25) is 9.78 Å². The number of hydrogen-bond acceptors (Lipinski definition) is 5. The van der Waals surface area contributed by atoms with Gasteiger partial charge in [0.15, 0.2) is 9.84 Å². The summed E-state index contributed by atoms with van der Waals surface area (Å²) in [6, 6.07) is 12.1. The number of sulfone groups is 1. The van der Waals surface area contributed by atoms with E-state index in [1.807, 2.05) is 18.2 Å². The van der Waals surface area contributed by atoms with Crippen molar-refractivity contribution in [1.82, 2.24) is 9.55 Å². The van der Waals surface area contributed by atoms with E-state index in [0.29, 0.717) is 16.9 Å². The molecule has 0 aliphatic heterocycles. The molecule has 2 heterocycles. The van der Waals surface area contributed by atoms with Gasteiger partial charge in [-0.1, -0.05) is 6.07 Å². The lowest BCUT2D eigenvalue weighted by molar-refractivity contribution is 0.300. The molecular weight excluding hydrogens is 364 g/mol. The zero-order chi connectivity index (χ0) is 19.6. The Morgan fingerprint density at radius 3 is 2.52 bits per heavy atom. The van der Waals surface area contributed by atoms with Crippen LogP contribution in [0.3, 0.4) is 0 Å². The monoisotopic (exact) mass is 384 g/mol. The van der Waals surface area contributed by atoms with Gasteiger partial charge >= 0.3 is 0 Å². The summed E-state index contributed by atoms with van der Waals surface area (Å²) in [6.45, 7) is 1.95. The van der Waals surface area contributed by atoms with Crippen LogP contribution in [0.2, 0.25) is 0 Å². The van der Waals surface area contributed by atoms with Crippen LogP contribution in [-0.2, 0) is 23.5 Å². The van der Waals surface area contributed by atoms with E-state index in [4.69, 9.17) is 4.74 Å². The van der Waals surface area contributed by atoms with Crippen LogP contribution in [0.5, 0.6) is 5.75 Å². The van der Waals surface area contributed by atoms with Crippen molar-refractivity contribution in [3.63, 3.8) is 0 Å². The Labute approximate surface area is 158 Å². The highest BCUT2D eigenvalue weighted by Gasteiger charge is 2.13. The molecule has 0 fully saturated rings. The second kappa shape index (κ2) is 7.36. The third-order valence-corrected chi connectivity index (χ3v) is 5.21. The van der Waals surface area contributed by atoms with Gasteiger partial charge in [-0.05, 0) is 54.4 Å². The van der Waals surface area contributed by atoms with E-state index in [-0.39, 0.29) is 17.1 Å². The van der Waals surface area contributed by atoms with Crippen LogP contribution < -0.4 is 10.3 Å². The summed E-state index contributed by atoms with van der Waals surface area (Å²) in [5.41, 5.74) is 2.62. The highest BCUT2D eigenvalue weighted by Crippen LogP contribution is 2.28. The van der Waals surface area contributed by atoms with Crippen molar-refractivity contribution in [1.29, 1.82) is 0 Å². The summed E-state index contributed by atoms with van der Waals surface area (Å²) >= 11 is 0. The number of aromatic nitrogens is 2. The van der Waals surface area contributed by atoms with E-state index in [1.165, 1.54) is 10.6 Å². The number of pyridine rings is 2. The fourth-order valence-corrected chi connectivity index (χ4v) is 3.38. The topological polar surface area (TPSA) is 78.3 Å². The molecule has 0 radical (unpaired) electrons. The molecule has 7 heteroatoms. The minimum absolute atomic E-state index is 0.0929. The first-order chi connectivity index (χ1) is 12.7. The second-order valence-corrected chi connectivity index (χ2v) is 8.42. The maximum Gasteiger partial charge on any atom is 0.253 e. The average Bonchev–Trinajstić information content (AvgIpc) is 2.64. The highest BCUT2D eigenvalue weighted by atomic mass is 32.2. The van der Waals surface area contributed by atoms with E-state index < -0.39 is 9.84 Å². The number of aryl methyl sites for hydroxylation is 2. The molecule has 0 saturated heterocycles. The van der Waals surface area contributed by atoms with E-state index in [0.717, 1.165) is 17.5 Å². The summed E-state index contributed by atoms with van der Waals surface area (Å²) in [5.74, 6) is 0.421. The van der Waals surface area contributed by atoms with Crippen molar-refractivity contribution in [3.05, 3.63) is 76.5 Å². The highest BCUT2D eigenvalue weighted by molar-refractivity contribution is 7.90. The van der Waals surface area contributed by atoms with Gasteiger partial charge in [-0.15, -0.1) is 0 Å². The van der Waals surface area contributed by atoms with Gasteiger partial charge in [0, 0.05) is 31.3 Å². The second-order valence-electron chi connectivity index (χ2n) is 6.40. The molecule has 0 atom stereocenters. The molecule has 2 aromatic heterocycles. The van der Waals surface area contributed by atoms with E-state index >= 15 is 0 Å². The van der Waals surface area contributed by atoms with Gasteiger partial charge in [-0.2, -0.15) is 0 Å². The van der Waals surface area contributed by atoms with E-state index in [9.17, 15) is 13.2 Å². The fraction of sp³-hybridized carbons (Fsp3) is 0.200. The molecule has 0 bridgehead atoms. The largest absolute Gasteiger partial charge is 0.487 e. The predicted molar refractivity (Wildman–Crippen MR) is 104 cm³/mol. The lowest BCUT2D eigenvalue weighted by atomic mass is 10.1. The molecule has 0 amide bonds.